The van der Waals surface area contributed by atoms with Gasteiger partial charge in [-0.05, 0) is 12.5 Å². The molecule has 0 spiro atoms. The lowest BCUT2D eigenvalue weighted by Gasteiger charge is -2.05. The van der Waals surface area contributed by atoms with E-state index in [2.05, 4.69) is 10.3 Å². The lowest BCUT2D eigenvalue weighted by atomic mass is 10.2. The number of aromatic nitrogens is 1. The number of carbonyl (C=O) groups is 1. The molecule has 0 saturated carbocycles. The number of pyridine rings is 1. The summed E-state index contributed by atoms with van der Waals surface area (Å²) in [5, 5.41) is 12.2. The molecule has 2 rings (SSSR count). The van der Waals surface area contributed by atoms with Crippen molar-refractivity contribution in [1.29, 1.82) is 0 Å². The van der Waals surface area contributed by atoms with Gasteiger partial charge in [-0.2, -0.15) is 0 Å². The van der Waals surface area contributed by atoms with Gasteiger partial charge in [-0.3, -0.25) is 9.78 Å². The third-order valence-electron chi connectivity index (χ3n) is 2.72. The summed E-state index contributed by atoms with van der Waals surface area (Å²) in [6.45, 7) is 1.35. The lowest BCUT2D eigenvalue weighted by molar-refractivity contribution is 0.0869. The van der Waals surface area contributed by atoms with Crippen LogP contribution >= 0.6 is 11.3 Å². The van der Waals surface area contributed by atoms with Crippen LogP contribution in [0.25, 0.3) is 10.1 Å². The number of nitrogens with one attached hydrogen (secondary N) is 1. The van der Waals surface area contributed by atoms with Crippen LogP contribution in [0.15, 0.2) is 18.5 Å². The van der Waals surface area contributed by atoms with Crippen molar-refractivity contribution in [3.63, 3.8) is 0 Å². The van der Waals surface area contributed by atoms with Crippen LogP contribution in [0.4, 0.5) is 5.69 Å². The number of thiophene rings is 1. The molecule has 0 bridgehead atoms. The van der Waals surface area contributed by atoms with E-state index in [4.69, 9.17) is 15.6 Å². The number of ether oxygens (including phenoxy) is 1. The normalized spacial score (nSPS) is 10.8. The number of fused-ring (bicyclic) bond motifs is 1. The Labute approximate surface area is 120 Å². The quantitative estimate of drug-likeness (QED) is 0.662. The molecule has 2 aromatic heterocycles. The fraction of sp³-hybridized carbons (Fsp3) is 0.385. The first-order valence-corrected chi connectivity index (χ1v) is 7.14. The van der Waals surface area contributed by atoms with Crippen LogP contribution in [0.1, 0.15) is 16.1 Å². The highest BCUT2D eigenvalue weighted by molar-refractivity contribution is 7.21. The smallest absolute Gasteiger partial charge is 0.263 e. The van der Waals surface area contributed by atoms with E-state index < -0.39 is 0 Å². The van der Waals surface area contributed by atoms with Gasteiger partial charge in [0.05, 0.1) is 23.6 Å². The fourth-order valence-electron chi connectivity index (χ4n) is 1.76. The molecule has 6 nitrogen and oxygen atoms in total. The summed E-state index contributed by atoms with van der Waals surface area (Å²) < 4.78 is 6.01. The van der Waals surface area contributed by atoms with Gasteiger partial charge in [0.1, 0.15) is 4.88 Å². The zero-order valence-electron chi connectivity index (χ0n) is 11.0. The Hall–Kier alpha value is -1.70. The predicted octanol–water partition coefficient (Wildman–Crippen LogP) is 1.01. The molecule has 0 atom stereocenters. The molecule has 0 aliphatic rings. The van der Waals surface area contributed by atoms with Gasteiger partial charge in [0.25, 0.3) is 5.91 Å². The highest BCUT2D eigenvalue weighted by atomic mass is 32.1. The van der Waals surface area contributed by atoms with Crippen molar-refractivity contribution in [3.8, 4) is 0 Å². The first-order chi connectivity index (χ1) is 9.74. The van der Waals surface area contributed by atoms with Crippen LogP contribution in [-0.4, -0.2) is 42.4 Å². The first-order valence-electron chi connectivity index (χ1n) is 6.33. The Bertz CT molecular complexity index is 585. The van der Waals surface area contributed by atoms with Crippen LogP contribution < -0.4 is 11.1 Å². The van der Waals surface area contributed by atoms with E-state index in [0.717, 1.165) is 10.1 Å². The average Bonchev–Trinajstić information content (AvgIpc) is 2.80. The van der Waals surface area contributed by atoms with Crippen molar-refractivity contribution in [2.75, 3.05) is 32.1 Å². The van der Waals surface area contributed by atoms with E-state index in [-0.39, 0.29) is 12.5 Å². The molecule has 7 heteroatoms. The van der Waals surface area contributed by atoms with Gasteiger partial charge >= 0.3 is 0 Å². The SMILES string of the molecule is Nc1c(C(=O)NCCCOCCO)sc2cnccc12. The number of hydrogen-bond acceptors (Lipinski definition) is 6. The third-order valence-corrected chi connectivity index (χ3v) is 3.88. The number of aliphatic hydroxyl groups is 1. The molecule has 0 aliphatic heterocycles. The van der Waals surface area contributed by atoms with E-state index >= 15 is 0 Å². The predicted molar refractivity (Wildman–Crippen MR) is 78.9 cm³/mol. The van der Waals surface area contributed by atoms with E-state index in [1.54, 1.807) is 18.5 Å². The Kier molecular flexibility index (Phi) is 5.28. The molecule has 0 fully saturated rings. The monoisotopic (exact) mass is 295 g/mol. The maximum Gasteiger partial charge on any atom is 0.263 e. The number of rotatable bonds is 7. The van der Waals surface area contributed by atoms with Gasteiger partial charge in [-0.1, -0.05) is 0 Å². The van der Waals surface area contributed by atoms with Crippen molar-refractivity contribution in [1.82, 2.24) is 10.3 Å². The average molecular weight is 295 g/mol. The second-order valence-electron chi connectivity index (χ2n) is 4.16. The molecule has 0 radical (unpaired) electrons. The van der Waals surface area contributed by atoms with E-state index in [1.165, 1.54) is 11.3 Å². The minimum atomic E-state index is -0.175. The highest BCUT2D eigenvalue weighted by Gasteiger charge is 2.15. The number of aliphatic hydroxyl groups excluding tert-OH is 1. The summed E-state index contributed by atoms with van der Waals surface area (Å²) in [7, 11) is 0. The summed E-state index contributed by atoms with van der Waals surface area (Å²) in [5.74, 6) is -0.175. The zero-order valence-corrected chi connectivity index (χ0v) is 11.8. The van der Waals surface area contributed by atoms with Crippen molar-refractivity contribution < 1.29 is 14.6 Å². The number of nitrogens with two attached hydrogens (primary N) is 1. The fourth-order valence-corrected chi connectivity index (χ4v) is 2.77. The van der Waals surface area contributed by atoms with Crippen molar-refractivity contribution in [3.05, 3.63) is 23.3 Å². The van der Waals surface area contributed by atoms with Crippen molar-refractivity contribution in [2.24, 2.45) is 0 Å². The Morgan fingerprint density at radius 1 is 1.50 bits per heavy atom. The molecule has 1 amide bonds. The number of nitrogen functional groups attached to an aromatic ring is 1. The van der Waals surface area contributed by atoms with Crippen LogP contribution in [0.5, 0.6) is 0 Å². The second kappa shape index (κ2) is 7.18. The maximum absolute atomic E-state index is 12.0. The zero-order chi connectivity index (χ0) is 14.4. The summed E-state index contributed by atoms with van der Waals surface area (Å²) >= 11 is 1.34. The summed E-state index contributed by atoms with van der Waals surface area (Å²) in [6, 6.07) is 1.81. The number of anilines is 1. The standard InChI is InChI=1S/C13H17N3O3S/c14-11-9-2-4-15-8-10(9)20-12(11)13(18)16-3-1-6-19-7-5-17/h2,4,8,17H,1,3,5-7,14H2,(H,16,18). The van der Waals surface area contributed by atoms with Crippen molar-refractivity contribution in [2.45, 2.75) is 6.42 Å². The third kappa shape index (κ3) is 3.44. The van der Waals surface area contributed by atoms with Crippen LogP contribution in [0, 0.1) is 0 Å². The van der Waals surface area contributed by atoms with Crippen LogP contribution in [-0.2, 0) is 4.74 Å². The molecular formula is C13H17N3O3S. The first kappa shape index (κ1) is 14.7. The molecular weight excluding hydrogens is 278 g/mol. The minimum absolute atomic E-state index is 0.0126. The van der Waals surface area contributed by atoms with Gasteiger partial charge in [0.15, 0.2) is 0 Å². The Morgan fingerprint density at radius 3 is 3.10 bits per heavy atom. The molecule has 2 aromatic rings. The largest absolute Gasteiger partial charge is 0.397 e. The number of carbonyl (C=O) groups excluding carboxylic acids is 1. The number of nitrogens with zero attached hydrogens (tertiary/aromatic N) is 1. The molecule has 108 valence electrons. The molecule has 0 aromatic carbocycles. The van der Waals surface area contributed by atoms with Crippen LogP contribution in [0.3, 0.4) is 0 Å². The molecule has 2 heterocycles. The lowest BCUT2D eigenvalue weighted by Crippen LogP contribution is -2.25. The van der Waals surface area contributed by atoms with Crippen LogP contribution in [0.2, 0.25) is 0 Å². The molecule has 0 aliphatic carbocycles. The highest BCUT2D eigenvalue weighted by Crippen LogP contribution is 2.32. The summed E-state index contributed by atoms with van der Waals surface area (Å²) in [6.07, 6.45) is 4.06. The van der Waals surface area contributed by atoms with E-state index in [9.17, 15) is 4.79 Å². The van der Waals surface area contributed by atoms with Gasteiger partial charge < -0.3 is 20.9 Å². The maximum atomic E-state index is 12.0. The summed E-state index contributed by atoms with van der Waals surface area (Å²) in [4.78, 5) is 16.6. The molecule has 0 unspecified atom stereocenters. The van der Waals surface area contributed by atoms with Gasteiger partial charge in [-0.15, -0.1) is 11.3 Å². The topological polar surface area (TPSA) is 97.5 Å². The van der Waals surface area contributed by atoms with Gasteiger partial charge in [-0.25, -0.2) is 0 Å². The molecule has 20 heavy (non-hydrogen) atoms. The Morgan fingerprint density at radius 2 is 2.35 bits per heavy atom. The van der Waals surface area contributed by atoms with E-state index in [1.807, 2.05) is 0 Å². The molecule has 0 saturated heterocycles. The van der Waals surface area contributed by atoms with E-state index in [0.29, 0.717) is 36.7 Å². The van der Waals surface area contributed by atoms with Gasteiger partial charge in [0.2, 0.25) is 0 Å². The minimum Gasteiger partial charge on any atom is -0.397 e. The summed E-state index contributed by atoms with van der Waals surface area (Å²) in [5.41, 5.74) is 6.48. The number of amides is 1. The molecule has 4 N–H and O–H groups in total. The van der Waals surface area contributed by atoms with Gasteiger partial charge in [0, 0.05) is 30.9 Å². The van der Waals surface area contributed by atoms with Crippen molar-refractivity contribution >= 4 is 33.0 Å². The second-order valence-corrected chi connectivity index (χ2v) is 5.21. The number of hydrogen-bond donors (Lipinski definition) is 3. The Balaban J connectivity index is 1.89.